The Morgan fingerprint density at radius 2 is 1.60 bits per heavy atom. The van der Waals surface area contributed by atoms with Gasteiger partial charge in [0.05, 0.1) is 6.61 Å². The molecule has 2 aromatic rings. The van der Waals surface area contributed by atoms with Gasteiger partial charge in [-0.1, -0.05) is 39.3 Å². The van der Waals surface area contributed by atoms with Crippen molar-refractivity contribution in [2.24, 2.45) is 0 Å². The van der Waals surface area contributed by atoms with Gasteiger partial charge in [0.15, 0.2) is 0 Å². The van der Waals surface area contributed by atoms with Crippen LogP contribution in [-0.2, 0) is 9.53 Å². The lowest BCUT2D eigenvalue weighted by Crippen LogP contribution is -2.14. The van der Waals surface area contributed by atoms with Crippen LogP contribution in [0.1, 0.15) is 57.6 Å². The number of hydrogen-bond acceptors (Lipinski definition) is 5. The van der Waals surface area contributed by atoms with Gasteiger partial charge >= 0.3 is 0 Å². The zero-order valence-corrected chi connectivity index (χ0v) is 19.6. The van der Waals surface area contributed by atoms with Crippen LogP contribution in [0.15, 0.2) is 36.4 Å². The first kappa shape index (κ1) is 25.8. The second-order valence-electron chi connectivity index (χ2n) is 6.49. The van der Waals surface area contributed by atoms with E-state index in [9.17, 15) is 9.90 Å². The third-order valence-electron chi connectivity index (χ3n) is 4.72. The van der Waals surface area contributed by atoms with Crippen LogP contribution in [0.4, 0.5) is 0 Å². The molecule has 0 aliphatic carbocycles. The number of carbonyl (C=O) groups excluding carboxylic acids is 1. The number of phenolic OH excluding ortho intramolecular Hbond substituents is 1. The summed E-state index contributed by atoms with van der Waals surface area (Å²) < 4.78 is 10.2. The molecule has 30 heavy (non-hydrogen) atoms. The fraction of sp³-hybridized carbons (Fsp3) is 0.458. The van der Waals surface area contributed by atoms with E-state index >= 15 is 0 Å². The van der Waals surface area contributed by atoms with Crippen molar-refractivity contribution in [1.82, 2.24) is 4.90 Å². The molecule has 1 saturated heterocycles. The smallest absolute Gasteiger partial charge is 0.293 e. The molecular formula is C24H34ClNO4. The van der Waals surface area contributed by atoms with E-state index in [1.807, 2.05) is 58.0 Å². The molecule has 1 fully saturated rings. The van der Waals surface area contributed by atoms with E-state index in [-0.39, 0.29) is 5.75 Å². The molecule has 6 heteroatoms. The zero-order chi connectivity index (χ0) is 22.7. The van der Waals surface area contributed by atoms with Gasteiger partial charge < -0.3 is 19.5 Å². The van der Waals surface area contributed by atoms with Crippen molar-refractivity contribution in [2.45, 2.75) is 46.5 Å². The summed E-state index contributed by atoms with van der Waals surface area (Å²) in [7, 11) is 2.13. The van der Waals surface area contributed by atoms with Gasteiger partial charge in [0, 0.05) is 41.1 Å². The Kier molecular flexibility index (Phi) is 11.3. The van der Waals surface area contributed by atoms with E-state index in [0.717, 1.165) is 40.7 Å². The fourth-order valence-corrected chi connectivity index (χ4v) is 3.82. The first-order chi connectivity index (χ1) is 14.5. The van der Waals surface area contributed by atoms with E-state index in [2.05, 4.69) is 16.7 Å². The predicted octanol–water partition coefficient (Wildman–Crippen LogP) is 6.20. The Morgan fingerprint density at radius 1 is 1.07 bits per heavy atom. The average Bonchev–Trinajstić information content (AvgIpc) is 3.11. The number of hydrogen-bond donors (Lipinski definition) is 1. The largest absolute Gasteiger partial charge is 0.508 e. The highest BCUT2D eigenvalue weighted by molar-refractivity contribution is 6.30. The summed E-state index contributed by atoms with van der Waals surface area (Å²) in [6.45, 7) is 12.6. The molecule has 1 unspecified atom stereocenters. The molecule has 0 radical (unpaired) electrons. The molecule has 0 amide bonds. The SMILES string of the molecule is CC.CC.CCOC=O.CN1CC2c3cc(Cl)ccc3Oc3ccc(O)cc3[C@H]2C1. The van der Waals surface area contributed by atoms with Gasteiger partial charge in [0.1, 0.15) is 17.2 Å². The number of rotatable bonds is 2. The van der Waals surface area contributed by atoms with Crippen molar-refractivity contribution in [3.63, 3.8) is 0 Å². The number of ether oxygens (including phenoxy) is 2. The number of carbonyl (C=O) groups is 1. The van der Waals surface area contributed by atoms with E-state index < -0.39 is 0 Å². The van der Waals surface area contributed by atoms with Crippen molar-refractivity contribution < 1.29 is 19.4 Å². The molecule has 2 aliphatic heterocycles. The molecule has 166 valence electrons. The van der Waals surface area contributed by atoms with Crippen LogP contribution >= 0.6 is 11.6 Å². The topological polar surface area (TPSA) is 59.0 Å². The standard InChI is InChI=1S/C17H16ClNO2.C3H6O2.2C2H6/c1-19-8-14-12-6-10(18)2-4-16(12)21-17-5-3-11(20)7-13(17)15(14)9-19;1-2-5-3-4;2*1-2/h2-7,14-15,20H,8-9H2,1H3;3H,2H2,1H3;2*1-2H3/t14?,15-;;;/m1.../s1. The molecule has 2 aromatic carbocycles. The molecule has 2 atom stereocenters. The lowest BCUT2D eigenvalue weighted by molar-refractivity contribution is -0.128. The quantitative estimate of drug-likeness (QED) is 0.569. The van der Waals surface area contributed by atoms with Crippen molar-refractivity contribution in [1.29, 1.82) is 0 Å². The number of benzene rings is 2. The van der Waals surface area contributed by atoms with Crippen molar-refractivity contribution >= 4 is 18.1 Å². The molecule has 4 rings (SSSR count). The minimum atomic E-state index is 0.287. The van der Waals surface area contributed by atoms with Crippen LogP contribution in [0.25, 0.3) is 0 Å². The number of aromatic hydroxyl groups is 1. The minimum Gasteiger partial charge on any atom is -0.508 e. The van der Waals surface area contributed by atoms with E-state index in [1.54, 1.807) is 13.0 Å². The molecular weight excluding hydrogens is 402 g/mol. The molecule has 1 N–H and O–H groups in total. The summed E-state index contributed by atoms with van der Waals surface area (Å²) in [6.07, 6.45) is 0. The summed E-state index contributed by atoms with van der Waals surface area (Å²) >= 11 is 6.18. The summed E-state index contributed by atoms with van der Waals surface area (Å²) in [4.78, 5) is 11.5. The lowest BCUT2D eigenvalue weighted by Gasteiger charge is -2.17. The maximum atomic E-state index is 9.84. The summed E-state index contributed by atoms with van der Waals surface area (Å²) in [5.41, 5.74) is 2.24. The molecule has 0 spiro atoms. The van der Waals surface area contributed by atoms with Crippen LogP contribution in [0.2, 0.25) is 5.02 Å². The number of fused-ring (bicyclic) bond motifs is 5. The van der Waals surface area contributed by atoms with Gasteiger partial charge in [-0.3, -0.25) is 4.79 Å². The van der Waals surface area contributed by atoms with Gasteiger partial charge in [0.2, 0.25) is 0 Å². The molecule has 0 bridgehead atoms. The van der Waals surface area contributed by atoms with Gasteiger partial charge in [0.25, 0.3) is 6.47 Å². The van der Waals surface area contributed by atoms with Gasteiger partial charge in [-0.15, -0.1) is 0 Å². The normalized spacial score (nSPS) is 18.1. The van der Waals surface area contributed by atoms with Gasteiger partial charge in [-0.05, 0) is 50.4 Å². The highest BCUT2D eigenvalue weighted by Gasteiger charge is 2.38. The Hall–Kier alpha value is -2.24. The first-order valence-electron chi connectivity index (χ1n) is 10.6. The van der Waals surface area contributed by atoms with Crippen molar-refractivity contribution in [3.8, 4) is 17.2 Å². The summed E-state index contributed by atoms with van der Waals surface area (Å²) in [5, 5.41) is 10.6. The van der Waals surface area contributed by atoms with Crippen LogP contribution in [0, 0.1) is 0 Å². The molecule has 2 aliphatic rings. The van der Waals surface area contributed by atoms with Crippen LogP contribution < -0.4 is 4.74 Å². The van der Waals surface area contributed by atoms with Gasteiger partial charge in [-0.25, -0.2) is 0 Å². The van der Waals surface area contributed by atoms with E-state index in [1.165, 1.54) is 0 Å². The van der Waals surface area contributed by atoms with Crippen molar-refractivity contribution in [3.05, 3.63) is 52.5 Å². The molecule has 0 aromatic heterocycles. The second kappa shape index (κ2) is 13.1. The third-order valence-corrected chi connectivity index (χ3v) is 4.96. The number of phenols is 1. The van der Waals surface area contributed by atoms with E-state index in [0.29, 0.717) is 24.9 Å². The Bertz CT molecular complexity index is 737. The monoisotopic (exact) mass is 435 g/mol. The average molecular weight is 436 g/mol. The van der Waals surface area contributed by atoms with Crippen LogP contribution in [-0.4, -0.2) is 43.2 Å². The van der Waals surface area contributed by atoms with Crippen molar-refractivity contribution in [2.75, 3.05) is 26.7 Å². The summed E-state index contributed by atoms with van der Waals surface area (Å²) in [5.74, 6) is 2.64. The highest BCUT2D eigenvalue weighted by Crippen LogP contribution is 2.50. The molecule has 0 saturated carbocycles. The van der Waals surface area contributed by atoms with Crippen LogP contribution in [0.5, 0.6) is 17.2 Å². The number of likely N-dealkylation sites (tertiary alicyclic amines) is 1. The maximum Gasteiger partial charge on any atom is 0.293 e. The summed E-state index contributed by atoms with van der Waals surface area (Å²) in [6, 6.07) is 11.2. The Labute approximate surface area is 185 Å². The lowest BCUT2D eigenvalue weighted by atomic mass is 9.84. The number of halogens is 1. The highest BCUT2D eigenvalue weighted by atomic mass is 35.5. The Balaban J connectivity index is 0.000000435. The third kappa shape index (κ3) is 6.38. The maximum absolute atomic E-state index is 9.84. The number of nitrogens with zero attached hydrogens (tertiary/aromatic N) is 1. The molecule has 2 heterocycles. The van der Waals surface area contributed by atoms with E-state index in [4.69, 9.17) is 16.3 Å². The zero-order valence-electron chi connectivity index (χ0n) is 18.8. The predicted molar refractivity (Wildman–Crippen MR) is 123 cm³/mol. The van der Waals surface area contributed by atoms with Gasteiger partial charge in [-0.2, -0.15) is 0 Å². The second-order valence-corrected chi connectivity index (χ2v) is 6.93. The minimum absolute atomic E-state index is 0.287. The first-order valence-corrected chi connectivity index (χ1v) is 10.9. The molecule has 5 nitrogen and oxygen atoms in total. The Morgan fingerprint density at radius 3 is 2.10 bits per heavy atom. The fourth-order valence-electron chi connectivity index (χ4n) is 3.64. The number of likely N-dealkylation sites (N-methyl/N-ethyl adjacent to an activating group) is 1. The van der Waals surface area contributed by atoms with Crippen LogP contribution in [0.3, 0.4) is 0 Å².